The highest BCUT2D eigenvalue weighted by Crippen LogP contribution is 2.26. The fraction of sp³-hybridized carbons (Fsp3) is 0.152. The fourth-order valence-electron chi connectivity index (χ4n) is 4.12. The first kappa shape index (κ1) is 34.0. The van der Waals surface area contributed by atoms with Crippen molar-refractivity contribution >= 4 is 51.0 Å². The van der Waals surface area contributed by atoms with Gasteiger partial charge in [-0.2, -0.15) is 5.10 Å². The zero-order chi connectivity index (χ0) is 33.8. The van der Waals surface area contributed by atoms with Gasteiger partial charge in [0.15, 0.2) is 6.61 Å². The highest BCUT2D eigenvalue weighted by molar-refractivity contribution is 7.92. The van der Waals surface area contributed by atoms with Crippen LogP contribution in [0.5, 0.6) is 17.2 Å². The predicted molar refractivity (Wildman–Crippen MR) is 178 cm³/mol. The highest BCUT2D eigenvalue weighted by Gasteiger charge is 2.27. The van der Waals surface area contributed by atoms with E-state index in [1.165, 1.54) is 56.6 Å². The molecule has 0 aliphatic carbocycles. The van der Waals surface area contributed by atoms with Gasteiger partial charge in [-0.3, -0.25) is 18.7 Å². The molecule has 4 rings (SSSR count). The normalized spacial score (nSPS) is 11.0. The first-order valence-electron chi connectivity index (χ1n) is 14.1. The van der Waals surface area contributed by atoms with E-state index >= 15 is 0 Å². The molecule has 0 saturated carbocycles. The summed E-state index contributed by atoms with van der Waals surface area (Å²) < 4.78 is 44.0. The van der Waals surface area contributed by atoms with Crippen molar-refractivity contribution in [2.45, 2.75) is 11.8 Å². The van der Waals surface area contributed by atoms with Crippen molar-refractivity contribution in [3.05, 3.63) is 103 Å². The number of methoxy groups -OCH3 is 2. The number of amides is 3. The number of anilines is 3. The van der Waals surface area contributed by atoms with E-state index in [0.717, 1.165) is 4.31 Å². The molecule has 244 valence electrons. The van der Waals surface area contributed by atoms with Crippen molar-refractivity contribution < 1.29 is 37.0 Å². The maximum absolute atomic E-state index is 13.6. The quantitative estimate of drug-likeness (QED) is 0.135. The van der Waals surface area contributed by atoms with Crippen LogP contribution in [0.1, 0.15) is 12.5 Å². The molecule has 3 N–H and O–H groups in total. The van der Waals surface area contributed by atoms with Gasteiger partial charge < -0.3 is 24.8 Å². The van der Waals surface area contributed by atoms with Crippen LogP contribution in [0.15, 0.2) is 107 Å². The molecular weight excluding hydrogens is 626 g/mol. The van der Waals surface area contributed by atoms with Gasteiger partial charge in [0.1, 0.15) is 23.8 Å². The van der Waals surface area contributed by atoms with Gasteiger partial charge in [-0.05, 0) is 103 Å². The average molecular weight is 660 g/mol. The number of ether oxygens (including phenoxy) is 3. The van der Waals surface area contributed by atoms with Crippen LogP contribution >= 0.6 is 0 Å². The van der Waals surface area contributed by atoms with Crippen LogP contribution in [0.4, 0.5) is 17.1 Å². The number of hydrogen-bond donors (Lipinski definition) is 3. The summed E-state index contributed by atoms with van der Waals surface area (Å²) in [5, 5.41) is 9.26. The minimum absolute atomic E-state index is 0.0840. The maximum Gasteiger partial charge on any atom is 0.264 e. The number of nitrogens with one attached hydrogen (secondary N) is 3. The van der Waals surface area contributed by atoms with E-state index in [2.05, 4.69) is 21.2 Å². The van der Waals surface area contributed by atoms with Crippen molar-refractivity contribution in [3.63, 3.8) is 0 Å². The third-order valence-electron chi connectivity index (χ3n) is 6.44. The summed E-state index contributed by atoms with van der Waals surface area (Å²) in [5.41, 5.74) is 4.22. The van der Waals surface area contributed by atoms with Gasteiger partial charge in [0.2, 0.25) is 5.91 Å². The number of hydrogen-bond acceptors (Lipinski definition) is 9. The lowest BCUT2D eigenvalue weighted by Gasteiger charge is -2.24. The van der Waals surface area contributed by atoms with Gasteiger partial charge in [-0.25, -0.2) is 13.8 Å². The van der Waals surface area contributed by atoms with Crippen LogP contribution in [-0.2, 0) is 24.4 Å². The number of benzene rings is 4. The predicted octanol–water partition coefficient (Wildman–Crippen LogP) is 4.03. The molecule has 0 fully saturated rings. The zero-order valence-electron chi connectivity index (χ0n) is 25.8. The Morgan fingerprint density at radius 3 is 1.83 bits per heavy atom. The second-order valence-electron chi connectivity index (χ2n) is 9.84. The molecule has 0 bridgehead atoms. The van der Waals surface area contributed by atoms with Gasteiger partial charge in [-0.1, -0.05) is 0 Å². The Morgan fingerprint density at radius 1 is 0.723 bits per heavy atom. The van der Waals surface area contributed by atoms with Crippen LogP contribution in [0.25, 0.3) is 0 Å². The van der Waals surface area contributed by atoms with Gasteiger partial charge in [0, 0.05) is 18.3 Å². The molecule has 0 aliphatic rings. The van der Waals surface area contributed by atoms with E-state index < -0.39 is 22.5 Å². The van der Waals surface area contributed by atoms with Gasteiger partial charge in [-0.15, -0.1) is 0 Å². The molecule has 0 heterocycles. The first-order chi connectivity index (χ1) is 22.6. The van der Waals surface area contributed by atoms with E-state index in [1.807, 2.05) is 0 Å². The van der Waals surface area contributed by atoms with Crippen LogP contribution in [0, 0.1) is 0 Å². The molecular formula is C33H33N5O8S. The molecule has 0 spiro atoms. The van der Waals surface area contributed by atoms with E-state index in [4.69, 9.17) is 14.2 Å². The Labute approximate surface area is 272 Å². The fourth-order valence-corrected chi connectivity index (χ4v) is 5.54. The maximum atomic E-state index is 13.6. The van der Waals surface area contributed by atoms with Crippen molar-refractivity contribution in [1.29, 1.82) is 0 Å². The summed E-state index contributed by atoms with van der Waals surface area (Å²) in [7, 11) is -1.17. The highest BCUT2D eigenvalue weighted by atomic mass is 32.2. The molecule has 3 amide bonds. The zero-order valence-corrected chi connectivity index (χ0v) is 26.6. The number of carbonyl (C=O) groups excluding carboxylic acids is 3. The second kappa shape index (κ2) is 15.9. The van der Waals surface area contributed by atoms with Gasteiger partial charge in [0.25, 0.3) is 21.8 Å². The Bertz CT molecular complexity index is 1810. The Balaban J connectivity index is 1.36. The number of carbonyl (C=O) groups is 3. The van der Waals surface area contributed by atoms with Gasteiger partial charge in [0.05, 0.1) is 31.0 Å². The average Bonchev–Trinajstić information content (AvgIpc) is 3.07. The second-order valence-corrected chi connectivity index (χ2v) is 11.7. The number of nitrogens with zero attached hydrogens (tertiary/aromatic N) is 2. The van der Waals surface area contributed by atoms with Crippen molar-refractivity contribution in [1.82, 2.24) is 5.43 Å². The van der Waals surface area contributed by atoms with E-state index in [9.17, 15) is 22.8 Å². The molecule has 0 aromatic heterocycles. The van der Waals surface area contributed by atoms with Crippen LogP contribution in [0.3, 0.4) is 0 Å². The monoisotopic (exact) mass is 659 g/mol. The smallest absolute Gasteiger partial charge is 0.264 e. The van der Waals surface area contributed by atoms with Crippen molar-refractivity contribution in [2.75, 3.05) is 42.3 Å². The third-order valence-corrected chi connectivity index (χ3v) is 8.23. The summed E-state index contributed by atoms with van der Waals surface area (Å²) in [6.45, 7) is 0.558. The Kier molecular flexibility index (Phi) is 11.5. The minimum Gasteiger partial charge on any atom is -0.497 e. The van der Waals surface area contributed by atoms with E-state index in [0.29, 0.717) is 34.2 Å². The molecule has 4 aromatic carbocycles. The molecule has 4 aromatic rings. The largest absolute Gasteiger partial charge is 0.497 e. The number of rotatable bonds is 14. The molecule has 0 aliphatic heterocycles. The molecule has 13 nitrogen and oxygen atoms in total. The Morgan fingerprint density at radius 2 is 1.26 bits per heavy atom. The van der Waals surface area contributed by atoms with Crippen LogP contribution in [-0.4, -0.2) is 59.7 Å². The lowest BCUT2D eigenvalue weighted by Crippen LogP contribution is -2.39. The van der Waals surface area contributed by atoms with Crippen LogP contribution < -0.4 is 34.6 Å². The SMILES string of the molecule is COc1ccc(NC(=O)COc2ccc(/C=N\NC(=O)CN(c3ccc(OC)cc3)S(=O)(=O)c3ccc(NC(C)=O)cc3)cc2)cc1. The summed E-state index contributed by atoms with van der Waals surface area (Å²) >= 11 is 0. The first-order valence-corrected chi connectivity index (χ1v) is 15.5. The lowest BCUT2D eigenvalue weighted by atomic mass is 10.2. The van der Waals surface area contributed by atoms with Crippen LogP contribution in [0.2, 0.25) is 0 Å². The lowest BCUT2D eigenvalue weighted by molar-refractivity contribution is -0.119. The molecule has 0 atom stereocenters. The minimum atomic E-state index is -4.21. The number of hydrazone groups is 1. The molecule has 0 saturated heterocycles. The summed E-state index contributed by atoms with van der Waals surface area (Å²) in [6.07, 6.45) is 1.38. The van der Waals surface area contributed by atoms with E-state index in [-0.39, 0.29) is 29.0 Å². The van der Waals surface area contributed by atoms with Crippen molar-refractivity contribution in [2.24, 2.45) is 5.10 Å². The number of sulfonamides is 1. The Hall–Kier alpha value is -5.89. The summed E-state index contributed by atoms with van der Waals surface area (Å²) in [6, 6.07) is 25.3. The van der Waals surface area contributed by atoms with E-state index in [1.54, 1.807) is 67.8 Å². The topological polar surface area (TPSA) is 165 Å². The summed E-state index contributed by atoms with van der Waals surface area (Å²) in [5.74, 6) is 0.297. The molecule has 0 unspecified atom stereocenters. The third kappa shape index (κ3) is 9.80. The van der Waals surface area contributed by atoms with Crippen molar-refractivity contribution in [3.8, 4) is 17.2 Å². The summed E-state index contributed by atoms with van der Waals surface area (Å²) in [4.78, 5) is 36.4. The molecule has 14 heteroatoms. The van der Waals surface area contributed by atoms with Gasteiger partial charge >= 0.3 is 0 Å². The molecule has 0 radical (unpaired) electrons. The standard InChI is InChI=1S/C33H33N5O8S/c1-23(39)35-25-8-18-31(19-9-25)47(42,43)38(27-10-16-29(45-3)17-11-27)21-32(40)37-34-20-24-4-12-30(13-5-24)46-22-33(41)36-26-6-14-28(44-2)15-7-26/h4-20H,21-22H2,1-3H3,(H,35,39)(H,36,41)(H,37,40)/b34-20-. The molecule has 47 heavy (non-hydrogen) atoms.